The summed E-state index contributed by atoms with van der Waals surface area (Å²) in [7, 11) is 0. The van der Waals surface area contributed by atoms with Gasteiger partial charge in [-0.1, -0.05) is 33.6 Å². The first kappa shape index (κ1) is 15.8. The van der Waals surface area contributed by atoms with E-state index in [4.69, 9.17) is 5.73 Å². The minimum absolute atomic E-state index is 0.0708. The third-order valence-corrected chi connectivity index (χ3v) is 5.43. The average Bonchev–Trinajstić information content (AvgIpc) is 2.86. The highest BCUT2D eigenvalue weighted by Crippen LogP contribution is 2.45. The van der Waals surface area contributed by atoms with E-state index in [1.165, 1.54) is 19.3 Å². The summed E-state index contributed by atoms with van der Waals surface area (Å²) in [4.78, 5) is 15.4. The molecule has 2 atom stereocenters. The van der Waals surface area contributed by atoms with Gasteiger partial charge in [0.1, 0.15) is 0 Å². The molecule has 0 aromatic rings. The number of carbonyl (C=O) groups excluding carboxylic acids is 1. The molecular formula is C17H32N2O. The Hall–Kier alpha value is -0.570. The number of amides is 1. The minimum Gasteiger partial charge on any atom is -0.338 e. The number of carbonyl (C=O) groups is 1. The lowest BCUT2D eigenvalue weighted by Gasteiger charge is -2.44. The van der Waals surface area contributed by atoms with Crippen LogP contribution >= 0.6 is 0 Å². The first-order valence-electron chi connectivity index (χ1n) is 8.51. The molecule has 0 bridgehead atoms. The van der Waals surface area contributed by atoms with Gasteiger partial charge in [-0.25, -0.2) is 0 Å². The van der Waals surface area contributed by atoms with Gasteiger partial charge in [0.05, 0.1) is 0 Å². The lowest BCUT2D eigenvalue weighted by molar-refractivity contribution is -0.148. The predicted molar refractivity (Wildman–Crippen MR) is 83.3 cm³/mol. The van der Waals surface area contributed by atoms with Crippen molar-refractivity contribution >= 4 is 5.91 Å². The molecule has 2 rings (SSSR count). The van der Waals surface area contributed by atoms with Gasteiger partial charge in [0.2, 0.25) is 5.91 Å². The molecule has 3 heteroatoms. The maximum absolute atomic E-state index is 13.2. The first-order valence-corrected chi connectivity index (χ1v) is 8.51. The van der Waals surface area contributed by atoms with E-state index in [2.05, 4.69) is 25.7 Å². The summed E-state index contributed by atoms with van der Waals surface area (Å²) >= 11 is 0. The molecule has 2 unspecified atom stereocenters. The molecule has 1 saturated carbocycles. The highest BCUT2D eigenvalue weighted by atomic mass is 16.2. The molecule has 0 radical (unpaired) electrons. The Labute approximate surface area is 124 Å². The molecule has 0 aromatic heterocycles. The van der Waals surface area contributed by atoms with Gasteiger partial charge in [0.15, 0.2) is 0 Å². The molecule has 1 aliphatic heterocycles. The van der Waals surface area contributed by atoms with Gasteiger partial charge >= 0.3 is 0 Å². The molecular weight excluding hydrogens is 248 g/mol. The van der Waals surface area contributed by atoms with E-state index < -0.39 is 0 Å². The van der Waals surface area contributed by atoms with Crippen molar-refractivity contribution in [1.29, 1.82) is 0 Å². The summed E-state index contributed by atoms with van der Waals surface area (Å²) in [6.07, 6.45) is 8.01. The van der Waals surface area contributed by atoms with Crippen molar-refractivity contribution in [3.63, 3.8) is 0 Å². The fourth-order valence-electron chi connectivity index (χ4n) is 4.50. The van der Waals surface area contributed by atoms with Crippen LogP contribution in [-0.4, -0.2) is 29.9 Å². The highest BCUT2D eigenvalue weighted by Gasteiger charge is 2.46. The van der Waals surface area contributed by atoms with Crippen LogP contribution in [0.25, 0.3) is 0 Å². The second kappa shape index (κ2) is 6.46. The van der Waals surface area contributed by atoms with E-state index in [1.54, 1.807) is 0 Å². The van der Waals surface area contributed by atoms with E-state index in [1.807, 2.05) is 0 Å². The third kappa shape index (κ3) is 3.03. The lowest BCUT2D eigenvalue weighted by Crippen LogP contribution is -2.55. The van der Waals surface area contributed by atoms with Crippen LogP contribution in [0.15, 0.2) is 0 Å². The fourth-order valence-corrected chi connectivity index (χ4v) is 4.50. The quantitative estimate of drug-likeness (QED) is 0.859. The maximum Gasteiger partial charge on any atom is 0.229 e. The van der Waals surface area contributed by atoms with Crippen LogP contribution in [0.2, 0.25) is 0 Å². The Morgan fingerprint density at radius 2 is 1.95 bits per heavy atom. The van der Waals surface area contributed by atoms with Gasteiger partial charge < -0.3 is 10.6 Å². The van der Waals surface area contributed by atoms with Crippen LogP contribution in [0.5, 0.6) is 0 Å². The van der Waals surface area contributed by atoms with Crippen molar-refractivity contribution in [2.24, 2.45) is 23.0 Å². The summed E-state index contributed by atoms with van der Waals surface area (Å²) in [5.41, 5.74) is 5.90. The van der Waals surface area contributed by atoms with Gasteiger partial charge in [-0.3, -0.25) is 4.79 Å². The predicted octanol–water partition coefficient (Wildman–Crippen LogP) is 3.18. The largest absolute Gasteiger partial charge is 0.338 e. The normalized spacial score (nSPS) is 29.9. The van der Waals surface area contributed by atoms with Crippen molar-refractivity contribution in [1.82, 2.24) is 4.90 Å². The van der Waals surface area contributed by atoms with Gasteiger partial charge in [0, 0.05) is 24.5 Å². The number of rotatable bonds is 4. The zero-order valence-electron chi connectivity index (χ0n) is 13.5. The van der Waals surface area contributed by atoms with Crippen molar-refractivity contribution in [3.05, 3.63) is 0 Å². The van der Waals surface area contributed by atoms with Crippen LogP contribution in [0.3, 0.4) is 0 Å². The zero-order valence-corrected chi connectivity index (χ0v) is 13.5. The Morgan fingerprint density at radius 1 is 1.30 bits per heavy atom. The maximum atomic E-state index is 13.2. The minimum atomic E-state index is -0.0708. The molecule has 116 valence electrons. The molecule has 3 nitrogen and oxygen atoms in total. The first-order chi connectivity index (χ1) is 9.50. The van der Waals surface area contributed by atoms with E-state index in [0.29, 0.717) is 24.3 Å². The fraction of sp³-hybridized carbons (Fsp3) is 0.941. The Bertz CT molecular complexity index is 334. The Balaban J connectivity index is 2.18. The van der Waals surface area contributed by atoms with Gasteiger partial charge in [-0.15, -0.1) is 0 Å². The zero-order chi connectivity index (χ0) is 14.8. The van der Waals surface area contributed by atoms with Crippen molar-refractivity contribution < 1.29 is 4.79 Å². The van der Waals surface area contributed by atoms with Crippen LogP contribution in [0.4, 0.5) is 0 Å². The molecule has 2 fully saturated rings. The van der Waals surface area contributed by atoms with E-state index in [9.17, 15) is 4.79 Å². The Morgan fingerprint density at radius 3 is 2.50 bits per heavy atom. The third-order valence-electron chi connectivity index (χ3n) is 5.43. The molecule has 1 amide bonds. The summed E-state index contributed by atoms with van der Waals surface area (Å²) in [5, 5.41) is 0. The number of hydrogen-bond donors (Lipinski definition) is 1. The van der Waals surface area contributed by atoms with Crippen molar-refractivity contribution in [3.8, 4) is 0 Å². The van der Waals surface area contributed by atoms with E-state index in [0.717, 1.165) is 32.2 Å². The summed E-state index contributed by atoms with van der Waals surface area (Å²) in [6.45, 7) is 8.27. The van der Waals surface area contributed by atoms with Gasteiger partial charge in [-0.05, 0) is 43.9 Å². The summed E-state index contributed by atoms with van der Waals surface area (Å²) in [5.74, 6) is 1.57. The lowest BCUT2D eigenvalue weighted by atomic mass is 9.76. The summed E-state index contributed by atoms with van der Waals surface area (Å²) < 4.78 is 0. The van der Waals surface area contributed by atoms with Crippen LogP contribution in [0.1, 0.15) is 65.7 Å². The molecule has 2 N–H and O–H groups in total. The molecule has 20 heavy (non-hydrogen) atoms. The Kier molecular flexibility index (Phi) is 5.11. The number of nitrogens with two attached hydrogens (primary N) is 1. The molecule has 2 aliphatic rings. The number of nitrogens with zero attached hydrogens (tertiary/aromatic N) is 1. The molecule has 1 saturated heterocycles. The number of likely N-dealkylation sites (tertiary alicyclic amines) is 1. The van der Waals surface area contributed by atoms with Crippen LogP contribution in [-0.2, 0) is 4.79 Å². The molecule has 0 aromatic carbocycles. The van der Waals surface area contributed by atoms with E-state index in [-0.39, 0.29) is 11.5 Å². The number of hydrogen-bond acceptors (Lipinski definition) is 2. The standard InChI is InChI=1S/C17H32N2O/c1-13(2)11-17(8-4-5-9-17)16(20)19-10-6-7-14(3)15(19)12-18/h13-15H,4-12,18H2,1-3H3. The number of piperidine rings is 1. The smallest absolute Gasteiger partial charge is 0.229 e. The van der Waals surface area contributed by atoms with E-state index >= 15 is 0 Å². The SMILES string of the molecule is CC(C)CC1(C(=O)N2CCCC(C)C2CN)CCCC1. The monoisotopic (exact) mass is 280 g/mol. The average molecular weight is 280 g/mol. The molecule has 0 spiro atoms. The second-order valence-corrected chi connectivity index (χ2v) is 7.51. The topological polar surface area (TPSA) is 46.3 Å². The van der Waals surface area contributed by atoms with Crippen LogP contribution in [0, 0.1) is 17.3 Å². The molecule has 1 heterocycles. The van der Waals surface area contributed by atoms with Crippen molar-refractivity contribution in [2.75, 3.05) is 13.1 Å². The van der Waals surface area contributed by atoms with Gasteiger partial charge in [0.25, 0.3) is 0 Å². The van der Waals surface area contributed by atoms with Crippen LogP contribution < -0.4 is 5.73 Å². The molecule has 1 aliphatic carbocycles. The highest BCUT2D eigenvalue weighted by molar-refractivity contribution is 5.83. The van der Waals surface area contributed by atoms with Crippen molar-refractivity contribution in [2.45, 2.75) is 71.8 Å². The second-order valence-electron chi connectivity index (χ2n) is 7.51. The van der Waals surface area contributed by atoms with Gasteiger partial charge in [-0.2, -0.15) is 0 Å². The summed E-state index contributed by atoms with van der Waals surface area (Å²) in [6, 6.07) is 0.265.